The third-order valence-electron chi connectivity index (χ3n) is 3.42. The molecule has 74 valence electrons. The standard InChI is InChI=1S/C10H18N2O/c1-12-9-3-2-6-11-7-8(9)4-5-10(12)13/h8-9,11H,2-7H2,1H3/t8-,9-/m1/s1. The van der Waals surface area contributed by atoms with Crippen LogP contribution in [0.3, 0.4) is 0 Å². The second kappa shape index (κ2) is 3.66. The number of hydrogen-bond donors (Lipinski definition) is 1. The zero-order chi connectivity index (χ0) is 9.26. The van der Waals surface area contributed by atoms with Crippen molar-refractivity contribution in [2.45, 2.75) is 31.7 Å². The van der Waals surface area contributed by atoms with Crippen molar-refractivity contribution in [3.05, 3.63) is 0 Å². The predicted octanol–water partition coefficient (Wildman–Crippen LogP) is 0.607. The molecule has 2 heterocycles. The van der Waals surface area contributed by atoms with Gasteiger partial charge in [-0.3, -0.25) is 4.79 Å². The van der Waals surface area contributed by atoms with Gasteiger partial charge in [0.05, 0.1) is 0 Å². The van der Waals surface area contributed by atoms with Crippen LogP contribution < -0.4 is 5.32 Å². The number of carbonyl (C=O) groups excluding carboxylic acids is 1. The van der Waals surface area contributed by atoms with Gasteiger partial charge in [-0.15, -0.1) is 0 Å². The van der Waals surface area contributed by atoms with Crippen LogP contribution in [0.15, 0.2) is 0 Å². The van der Waals surface area contributed by atoms with Gasteiger partial charge in [0.1, 0.15) is 0 Å². The van der Waals surface area contributed by atoms with Gasteiger partial charge in [-0.25, -0.2) is 0 Å². The SMILES string of the molecule is CN1C(=O)CC[C@@H]2CNCCC[C@H]21. The molecule has 2 fully saturated rings. The first-order valence-corrected chi connectivity index (χ1v) is 5.25. The van der Waals surface area contributed by atoms with Gasteiger partial charge in [-0.2, -0.15) is 0 Å². The molecule has 0 aromatic carbocycles. The highest BCUT2D eigenvalue weighted by molar-refractivity contribution is 5.77. The minimum atomic E-state index is 0.336. The van der Waals surface area contributed by atoms with Crippen molar-refractivity contribution in [2.75, 3.05) is 20.1 Å². The summed E-state index contributed by atoms with van der Waals surface area (Å²) in [5.41, 5.74) is 0. The molecule has 0 radical (unpaired) electrons. The van der Waals surface area contributed by atoms with E-state index in [1.54, 1.807) is 0 Å². The van der Waals surface area contributed by atoms with Gasteiger partial charge in [-0.1, -0.05) is 0 Å². The molecule has 1 amide bonds. The van der Waals surface area contributed by atoms with Gasteiger partial charge in [0, 0.05) is 19.5 Å². The van der Waals surface area contributed by atoms with Gasteiger partial charge < -0.3 is 10.2 Å². The van der Waals surface area contributed by atoms with E-state index in [-0.39, 0.29) is 0 Å². The Balaban J connectivity index is 2.08. The van der Waals surface area contributed by atoms with Crippen molar-refractivity contribution < 1.29 is 4.79 Å². The second-order valence-corrected chi connectivity index (χ2v) is 4.22. The van der Waals surface area contributed by atoms with Crippen LogP contribution >= 0.6 is 0 Å². The van der Waals surface area contributed by atoms with E-state index in [1.165, 1.54) is 12.8 Å². The summed E-state index contributed by atoms with van der Waals surface area (Å²) in [6.07, 6.45) is 4.22. The maximum atomic E-state index is 11.5. The topological polar surface area (TPSA) is 32.3 Å². The van der Waals surface area contributed by atoms with Crippen LogP contribution in [0.2, 0.25) is 0 Å². The van der Waals surface area contributed by atoms with E-state index in [2.05, 4.69) is 5.32 Å². The average molecular weight is 182 g/mol. The minimum absolute atomic E-state index is 0.336. The highest BCUT2D eigenvalue weighted by Crippen LogP contribution is 2.27. The number of fused-ring (bicyclic) bond motifs is 1. The van der Waals surface area contributed by atoms with Crippen LogP contribution in [0.25, 0.3) is 0 Å². The monoisotopic (exact) mass is 182 g/mol. The van der Waals surface area contributed by atoms with E-state index >= 15 is 0 Å². The normalized spacial score (nSPS) is 35.5. The van der Waals surface area contributed by atoms with E-state index in [0.29, 0.717) is 17.9 Å². The second-order valence-electron chi connectivity index (χ2n) is 4.22. The highest BCUT2D eigenvalue weighted by Gasteiger charge is 2.33. The molecule has 2 aliphatic rings. The highest BCUT2D eigenvalue weighted by atomic mass is 16.2. The predicted molar refractivity (Wildman–Crippen MR) is 51.4 cm³/mol. The first-order chi connectivity index (χ1) is 6.29. The average Bonchev–Trinajstić information content (AvgIpc) is 2.36. The Hall–Kier alpha value is -0.570. The summed E-state index contributed by atoms with van der Waals surface area (Å²) in [5, 5.41) is 3.44. The van der Waals surface area contributed by atoms with Crippen LogP contribution in [-0.4, -0.2) is 37.0 Å². The van der Waals surface area contributed by atoms with Gasteiger partial charge in [-0.05, 0) is 38.3 Å². The zero-order valence-corrected chi connectivity index (χ0v) is 8.25. The molecule has 2 rings (SSSR count). The molecule has 13 heavy (non-hydrogen) atoms. The zero-order valence-electron chi connectivity index (χ0n) is 8.25. The van der Waals surface area contributed by atoms with E-state index in [1.807, 2.05) is 11.9 Å². The number of nitrogens with zero attached hydrogens (tertiary/aromatic N) is 1. The van der Waals surface area contributed by atoms with Crippen LogP contribution in [-0.2, 0) is 4.79 Å². The lowest BCUT2D eigenvalue weighted by atomic mass is 9.87. The number of rotatable bonds is 0. The Bertz CT molecular complexity index is 205. The molecular formula is C10H18N2O. The minimum Gasteiger partial charge on any atom is -0.342 e. The quantitative estimate of drug-likeness (QED) is 0.595. The molecular weight excluding hydrogens is 164 g/mol. The molecule has 2 atom stereocenters. The number of carbonyl (C=O) groups is 1. The van der Waals surface area contributed by atoms with Crippen molar-refractivity contribution in [1.29, 1.82) is 0 Å². The number of hydrogen-bond acceptors (Lipinski definition) is 2. The number of piperidine rings is 1. The van der Waals surface area contributed by atoms with Crippen molar-refractivity contribution in [1.82, 2.24) is 10.2 Å². The largest absolute Gasteiger partial charge is 0.342 e. The molecule has 3 nitrogen and oxygen atoms in total. The Morgan fingerprint density at radius 2 is 2.31 bits per heavy atom. The summed E-state index contributed by atoms with van der Waals surface area (Å²) >= 11 is 0. The number of likely N-dealkylation sites (tertiary alicyclic amines) is 1. The Labute approximate surface area is 79.5 Å². The maximum absolute atomic E-state index is 11.5. The number of amides is 1. The molecule has 2 saturated heterocycles. The van der Waals surface area contributed by atoms with Crippen LogP contribution in [0, 0.1) is 5.92 Å². The third kappa shape index (κ3) is 1.70. The van der Waals surface area contributed by atoms with Crippen LogP contribution in [0.5, 0.6) is 0 Å². The van der Waals surface area contributed by atoms with Crippen molar-refractivity contribution in [3.8, 4) is 0 Å². The Kier molecular flexibility index (Phi) is 2.54. The first kappa shape index (κ1) is 9.00. The fraction of sp³-hybridized carbons (Fsp3) is 0.900. The molecule has 2 aliphatic heterocycles. The first-order valence-electron chi connectivity index (χ1n) is 5.25. The lowest BCUT2D eigenvalue weighted by Gasteiger charge is -2.37. The van der Waals surface area contributed by atoms with E-state index in [9.17, 15) is 4.79 Å². The lowest BCUT2D eigenvalue weighted by Crippen LogP contribution is -2.47. The van der Waals surface area contributed by atoms with Crippen LogP contribution in [0.4, 0.5) is 0 Å². The smallest absolute Gasteiger partial charge is 0.222 e. The molecule has 0 bridgehead atoms. The lowest BCUT2D eigenvalue weighted by molar-refractivity contribution is -0.136. The summed E-state index contributed by atoms with van der Waals surface area (Å²) in [4.78, 5) is 13.4. The Morgan fingerprint density at radius 3 is 3.15 bits per heavy atom. The molecule has 0 saturated carbocycles. The van der Waals surface area contributed by atoms with Gasteiger partial charge in [0.25, 0.3) is 0 Å². The molecule has 0 aliphatic carbocycles. The Morgan fingerprint density at radius 1 is 1.46 bits per heavy atom. The van der Waals surface area contributed by atoms with Crippen molar-refractivity contribution >= 4 is 5.91 Å². The van der Waals surface area contributed by atoms with Crippen molar-refractivity contribution in [2.24, 2.45) is 5.92 Å². The summed E-state index contributed by atoms with van der Waals surface area (Å²) in [6, 6.07) is 0.510. The fourth-order valence-corrected chi connectivity index (χ4v) is 2.57. The number of nitrogens with one attached hydrogen (secondary N) is 1. The third-order valence-corrected chi connectivity index (χ3v) is 3.42. The molecule has 0 spiro atoms. The van der Waals surface area contributed by atoms with E-state index in [4.69, 9.17) is 0 Å². The van der Waals surface area contributed by atoms with Gasteiger partial charge in [0.15, 0.2) is 0 Å². The molecule has 1 N–H and O–H groups in total. The van der Waals surface area contributed by atoms with E-state index in [0.717, 1.165) is 25.9 Å². The van der Waals surface area contributed by atoms with E-state index < -0.39 is 0 Å². The van der Waals surface area contributed by atoms with Crippen molar-refractivity contribution in [3.63, 3.8) is 0 Å². The molecule has 0 unspecified atom stereocenters. The van der Waals surface area contributed by atoms with Crippen LogP contribution in [0.1, 0.15) is 25.7 Å². The molecule has 0 aromatic rings. The fourth-order valence-electron chi connectivity index (χ4n) is 2.57. The molecule has 0 aromatic heterocycles. The maximum Gasteiger partial charge on any atom is 0.222 e. The summed E-state index contributed by atoms with van der Waals surface area (Å²) in [7, 11) is 1.96. The molecule has 3 heteroatoms. The van der Waals surface area contributed by atoms with Gasteiger partial charge in [0.2, 0.25) is 5.91 Å². The van der Waals surface area contributed by atoms with Gasteiger partial charge >= 0.3 is 0 Å². The summed E-state index contributed by atoms with van der Waals surface area (Å²) in [6.45, 7) is 2.22. The summed E-state index contributed by atoms with van der Waals surface area (Å²) in [5.74, 6) is 1.04. The summed E-state index contributed by atoms with van der Waals surface area (Å²) < 4.78 is 0.